The van der Waals surface area contributed by atoms with Crippen molar-refractivity contribution in [2.75, 3.05) is 30.9 Å². The van der Waals surface area contributed by atoms with Crippen molar-refractivity contribution < 1.29 is 9.29 Å². The average Bonchev–Trinajstić information content (AvgIpc) is 2.96. The summed E-state index contributed by atoms with van der Waals surface area (Å²) in [6.45, 7) is 4.60. The molecule has 3 rings (SSSR count). The zero-order chi connectivity index (χ0) is 18.8. The third kappa shape index (κ3) is 3.61. The molecule has 0 aliphatic carbocycles. The molecule has 9 heteroatoms. The molecule has 3 aromatic heterocycles. The highest BCUT2D eigenvalue weighted by Gasteiger charge is 2.25. The second-order valence-corrected chi connectivity index (χ2v) is 8.87. The molecule has 0 aliphatic rings. The van der Waals surface area contributed by atoms with Gasteiger partial charge in [-0.15, -0.1) is 0 Å². The summed E-state index contributed by atoms with van der Waals surface area (Å²) in [4.78, 5) is 13.6. The summed E-state index contributed by atoms with van der Waals surface area (Å²) in [6.07, 6.45) is 3.30. The van der Waals surface area contributed by atoms with Gasteiger partial charge in [0, 0.05) is 41.6 Å². The first-order valence-electron chi connectivity index (χ1n) is 8.10. The molecule has 3 aromatic rings. The molecule has 0 radical (unpaired) electrons. The number of hydrogen-bond acceptors (Lipinski definition) is 8. The Morgan fingerprint density at radius 1 is 1.27 bits per heavy atom. The van der Waals surface area contributed by atoms with Crippen molar-refractivity contribution in [3.05, 3.63) is 24.0 Å². The lowest BCUT2D eigenvalue weighted by atomic mass is 9.98. The lowest BCUT2D eigenvalue weighted by molar-refractivity contribution is 0.217. The van der Waals surface area contributed by atoms with E-state index in [-0.39, 0.29) is 11.9 Å². The molecule has 0 fully saturated rings. The number of methoxy groups -OCH3 is 1. The summed E-state index contributed by atoms with van der Waals surface area (Å²) < 4.78 is 18.2. The van der Waals surface area contributed by atoms with Crippen LogP contribution in [0.3, 0.4) is 0 Å². The number of nitrogen functional groups attached to an aromatic ring is 2. The molecule has 138 valence electrons. The van der Waals surface area contributed by atoms with Crippen molar-refractivity contribution >= 4 is 44.4 Å². The molecule has 0 saturated carbocycles. The maximum Gasteiger partial charge on any atom is 0.232 e. The molecule has 0 aliphatic heterocycles. The fraction of sp³-hybridized carbons (Fsp3) is 0.353. The second kappa shape index (κ2) is 7.75. The zero-order valence-corrected chi connectivity index (χ0v) is 16.5. The minimum absolute atomic E-state index is 0.218. The Labute approximate surface area is 159 Å². The van der Waals surface area contributed by atoms with E-state index in [9.17, 15) is 4.55 Å². The Hall–Kier alpha value is -1.94. The number of thiophene rings is 1. The molecule has 7 nitrogen and oxygen atoms in total. The molecule has 4 N–H and O–H groups in total. The summed E-state index contributed by atoms with van der Waals surface area (Å²) in [7, 11) is 1.59. The van der Waals surface area contributed by atoms with Gasteiger partial charge in [0.05, 0.1) is 12.3 Å². The number of aromatic nitrogens is 3. The minimum atomic E-state index is -1.22. The molecule has 0 bridgehead atoms. The summed E-state index contributed by atoms with van der Waals surface area (Å²) in [5, 5.41) is 0.880. The van der Waals surface area contributed by atoms with E-state index in [1.807, 2.05) is 6.07 Å². The van der Waals surface area contributed by atoms with Crippen LogP contribution < -0.4 is 11.5 Å². The highest BCUT2D eigenvalue weighted by atomic mass is 32.2. The number of rotatable bonds is 6. The van der Waals surface area contributed by atoms with Crippen LogP contribution in [0.25, 0.3) is 21.5 Å². The van der Waals surface area contributed by atoms with Crippen LogP contribution >= 0.6 is 11.3 Å². The van der Waals surface area contributed by atoms with Crippen molar-refractivity contribution in [3.8, 4) is 11.3 Å². The molecular formula is C17H21N5O2S2. The predicted octanol–water partition coefficient (Wildman–Crippen LogP) is 2.80. The van der Waals surface area contributed by atoms with Gasteiger partial charge in [-0.05, 0) is 17.5 Å². The van der Waals surface area contributed by atoms with Crippen LogP contribution in [0, 0.1) is 0 Å². The van der Waals surface area contributed by atoms with Crippen molar-refractivity contribution in [2.45, 2.75) is 24.0 Å². The van der Waals surface area contributed by atoms with E-state index in [0.717, 1.165) is 27.0 Å². The van der Waals surface area contributed by atoms with Crippen molar-refractivity contribution in [1.29, 1.82) is 0 Å². The van der Waals surface area contributed by atoms with Gasteiger partial charge in [0.2, 0.25) is 10.2 Å². The number of pyridine rings is 1. The van der Waals surface area contributed by atoms with Crippen LogP contribution in [0.1, 0.15) is 25.3 Å². The van der Waals surface area contributed by atoms with E-state index in [0.29, 0.717) is 22.3 Å². The maximum atomic E-state index is 12.6. The summed E-state index contributed by atoms with van der Waals surface area (Å²) in [5.74, 6) is 0.852. The third-order valence-electron chi connectivity index (χ3n) is 3.96. The van der Waals surface area contributed by atoms with E-state index in [4.69, 9.17) is 21.2 Å². The molecular weight excluding hydrogens is 370 g/mol. The Kier molecular flexibility index (Phi) is 5.61. The number of nitrogens with two attached hydrogens (primary N) is 2. The van der Waals surface area contributed by atoms with Gasteiger partial charge in [0.25, 0.3) is 0 Å². The zero-order valence-electron chi connectivity index (χ0n) is 14.9. The van der Waals surface area contributed by atoms with Crippen LogP contribution in [-0.2, 0) is 15.9 Å². The summed E-state index contributed by atoms with van der Waals surface area (Å²) in [6, 6.07) is 1.99. The lowest BCUT2D eigenvalue weighted by Crippen LogP contribution is -2.11. The molecule has 0 unspecified atom stereocenters. The average molecular weight is 392 g/mol. The highest BCUT2D eigenvalue weighted by molar-refractivity contribution is 7.93. The number of fused-ring (bicyclic) bond motifs is 1. The molecule has 1 atom stereocenters. The van der Waals surface area contributed by atoms with E-state index >= 15 is 0 Å². The van der Waals surface area contributed by atoms with E-state index < -0.39 is 11.2 Å². The molecule has 0 spiro atoms. The third-order valence-corrected chi connectivity index (χ3v) is 6.84. The second-order valence-electron chi connectivity index (χ2n) is 6.11. The number of nitrogens with zero attached hydrogens (tertiary/aromatic N) is 3. The lowest BCUT2D eigenvalue weighted by Gasteiger charge is -2.11. The Balaban J connectivity index is 2.15. The first-order chi connectivity index (χ1) is 12.4. The van der Waals surface area contributed by atoms with Gasteiger partial charge in [-0.3, -0.25) is 0 Å². The monoisotopic (exact) mass is 391 g/mol. The van der Waals surface area contributed by atoms with Crippen LogP contribution in [0.4, 0.5) is 11.6 Å². The van der Waals surface area contributed by atoms with Crippen molar-refractivity contribution in [2.24, 2.45) is 0 Å². The van der Waals surface area contributed by atoms with Gasteiger partial charge < -0.3 is 20.8 Å². The Morgan fingerprint density at radius 3 is 2.58 bits per heavy atom. The number of anilines is 2. The first-order valence-corrected chi connectivity index (χ1v) is 10.2. The van der Waals surface area contributed by atoms with Crippen molar-refractivity contribution in [1.82, 2.24) is 15.0 Å². The SMILES string of the molecule is COCC[S@+]([O-])c1sc2nc(-c3cnc(N)nc3)cc(C(C)C)c2c1N. The van der Waals surface area contributed by atoms with Crippen LogP contribution in [0.2, 0.25) is 0 Å². The van der Waals surface area contributed by atoms with E-state index in [1.165, 1.54) is 11.3 Å². The minimum Gasteiger partial charge on any atom is -0.611 e. The molecule has 26 heavy (non-hydrogen) atoms. The highest BCUT2D eigenvalue weighted by Crippen LogP contribution is 2.41. The van der Waals surface area contributed by atoms with Gasteiger partial charge in [-0.2, -0.15) is 0 Å². The normalized spacial score (nSPS) is 12.8. The smallest absolute Gasteiger partial charge is 0.232 e. The van der Waals surface area contributed by atoms with E-state index in [1.54, 1.807) is 19.5 Å². The Bertz CT molecular complexity index is 912. The first kappa shape index (κ1) is 18.8. The standard InChI is InChI=1S/C17H21N5O2S2/c1-9(2)11-6-12(10-7-20-17(19)21-8-10)22-15-13(11)14(18)16(25-15)26(23)5-4-24-3/h6-9H,4-5,18H2,1-3H3,(H2,19,20,21)/t26-/m0/s1. The number of hydrogen-bond donors (Lipinski definition) is 2. The van der Waals surface area contributed by atoms with Gasteiger partial charge in [-0.1, -0.05) is 25.2 Å². The van der Waals surface area contributed by atoms with Crippen LogP contribution in [-0.4, -0.2) is 39.0 Å². The van der Waals surface area contributed by atoms with Crippen molar-refractivity contribution in [3.63, 3.8) is 0 Å². The maximum absolute atomic E-state index is 12.6. The van der Waals surface area contributed by atoms with Gasteiger partial charge in [0.1, 0.15) is 16.3 Å². The largest absolute Gasteiger partial charge is 0.611 e. The van der Waals surface area contributed by atoms with Crippen LogP contribution in [0.15, 0.2) is 22.7 Å². The topological polar surface area (TPSA) is 123 Å². The summed E-state index contributed by atoms with van der Waals surface area (Å²) in [5.41, 5.74) is 15.1. The molecule has 3 heterocycles. The van der Waals surface area contributed by atoms with E-state index in [2.05, 4.69) is 23.8 Å². The van der Waals surface area contributed by atoms with Gasteiger partial charge in [-0.25, -0.2) is 15.0 Å². The van der Waals surface area contributed by atoms with Gasteiger partial charge >= 0.3 is 0 Å². The summed E-state index contributed by atoms with van der Waals surface area (Å²) >= 11 is 0.153. The predicted molar refractivity (Wildman–Crippen MR) is 107 cm³/mol. The Morgan fingerprint density at radius 2 is 1.96 bits per heavy atom. The quantitative estimate of drug-likeness (QED) is 0.619. The molecule has 0 saturated heterocycles. The molecule has 0 amide bonds. The fourth-order valence-corrected chi connectivity index (χ4v) is 5.20. The van der Waals surface area contributed by atoms with Gasteiger partial charge in [0.15, 0.2) is 0 Å². The molecule has 0 aromatic carbocycles. The number of ether oxygens (including phenoxy) is 1. The van der Waals surface area contributed by atoms with Crippen LogP contribution in [0.5, 0.6) is 0 Å². The fourth-order valence-electron chi connectivity index (χ4n) is 2.62.